The molecule has 0 aliphatic carbocycles. The fraction of sp³-hybridized carbons (Fsp3) is 0.364. The molecule has 0 spiro atoms. The van der Waals surface area contributed by atoms with Crippen molar-refractivity contribution in [2.75, 3.05) is 6.54 Å². The van der Waals surface area contributed by atoms with Crippen LogP contribution in [0.3, 0.4) is 0 Å². The second-order valence-electron chi connectivity index (χ2n) is 3.95. The minimum Gasteiger partial charge on any atom is -0.349 e. The van der Waals surface area contributed by atoms with E-state index < -0.39 is 10.0 Å². The lowest BCUT2D eigenvalue weighted by Crippen LogP contribution is -2.25. The number of nitrogens with two attached hydrogens (primary N) is 1. The van der Waals surface area contributed by atoms with Crippen LogP contribution >= 0.6 is 11.3 Å². The van der Waals surface area contributed by atoms with Crippen LogP contribution in [0.4, 0.5) is 0 Å². The average Bonchev–Trinajstić information content (AvgIpc) is 3.05. The second kappa shape index (κ2) is 6.29. The molecule has 0 atom stereocenters. The standard InChI is InChI=1S/C11H16N4O2S2/c12-8-9-10(3-7-18-9)19(16,17)15-4-1-2-11-13-5-6-14-11/h3,5-7,15H,1-2,4,8,12H2,(H,13,14). The highest BCUT2D eigenvalue weighted by Gasteiger charge is 2.18. The van der Waals surface area contributed by atoms with E-state index in [4.69, 9.17) is 5.73 Å². The molecule has 0 amide bonds. The number of hydrogen-bond acceptors (Lipinski definition) is 5. The number of hydrogen-bond donors (Lipinski definition) is 3. The number of H-pyrrole nitrogens is 1. The van der Waals surface area contributed by atoms with Gasteiger partial charge in [0.15, 0.2) is 0 Å². The van der Waals surface area contributed by atoms with Crippen LogP contribution in [0.5, 0.6) is 0 Å². The summed E-state index contributed by atoms with van der Waals surface area (Å²) in [6.45, 7) is 0.614. The van der Waals surface area contributed by atoms with Crippen LogP contribution in [-0.2, 0) is 23.0 Å². The van der Waals surface area contributed by atoms with E-state index in [2.05, 4.69) is 14.7 Å². The Bertz CT molecular complexity index is 604. The first kappa shape index (κ1) is 14.2. The van der Waals surface area contributed by atoms with Gasteiger partial charge in [0.25, 0.3) is 0 Å². The lowest BCUT2D eigenvalue weighted by Gasteiger charge is -2.06. The van der Waals surface area contributed by atoms with Gasteiger partial charge >= 0.3 is 0 Å². The van der Waals surface area contributed by atoms with Crippen molar-refractivity contribution in [3.8, 4) is 0 Å². The van der Waals surface area contributed by atoms with Gasteiger partial charge in [0.05, 0.1) is 4.90 Å². The van der Waals surface area contributed by atoms with Crippen molar-refractivity contribution in [3.63, 3.8) is 0 Å². The lowest BCUT2D eigenvalue weighted by atomic mass is 10.3. The Labute approximate surface area is 116 Å². The molecule has 6 nitrogen and oxygen atoms in total. The number of aromatic nitrogens is 2. The Kier molecular flexibility index (Phi) is 4.70. The molecule has 0 fully saturated rings. The van der Waals surface area contributed by atoms with Crippen LogP contribution in [0, 0.1) is 0 Å². The van der Waals surface area contributed by atoms with Crippen molar-refractivity contribution in [2.45, 2.75) is 24.3 Å². The molecule has 0 saturated heterocycles. The summed E-state index contributed by atoms with van der Waals surface area (Å²) in [5, 5.41) is 1.74. The molecule has 0 unspecified atom stereocenters. The summed E-state index contributed by atoms with van der Waals surface area (Å²) in [6.07, 6.45) is 4.83. The molecule has 19 heavy (non-hydrogen) atoms. The highest BCUT2D eigenvalue weighted by Crippen LogP contribution is 2.20. The van der Waals surface area contributed by atoms with E-state index in [-0.39, 0.29) is 11.4 Å². The van der Waals surface area contributed by atoms with Gasteiger partial charge < -0.3 is 10.7 Å². The van der Waals surface area contributed by atoms with Crippen LogP contribution in [0.1, 0.15) is 17.1 Å². The molecule has 4 N–H and O–H groups in total. The lowest BCUT2D eigenvalue weighted by molar-refractivity contribution is 0.577. The number of rotatable bonds is 7. The monoisotopic (exact) mass is 300 g/mol. The van der Waals surface area contributed by atoms with E-state index >= 15 is 0 Å². The number of aryl methyl sites for hydroxylation is 1. The molecule has 0 bridgehead atoms. The molecular formula is C11H16N4O2S2. The van der Waals surface area contributed by atoms with Crippen molar-refractivity contribution < 1.29 is 8.42 Å². The zero-order chi connectivity index (χ0) is 13.7. The van der Waals surface area contributed by atoms with Crippen molar-refractivity contribution >= 4 is 21.4 Å². The summed E-state index contributed by atoms with van der Waals surface area (Å²) in [4.78, 5) is 8.03. The molecule has 0 saturated carbocycles. The molecule has 0 aliphatic heterocycles. The number of aromatic amines is 1. The quantitative estimate of drug-likeness (QED) is 0.660. The largest absolute Gasteiger partial charge is 0.349 e. The van der Waals surface area contributed by atoms with E-state index in [0.717, 1.165) is 5.82 Å². The summed E-state index contributed by atoms with van der Waals surface area (Å²) in [6, 6.07) is 1.59. The van der Waals surface area contributed by atoms with Gasteiger partial charge in [-0.1, -0.05) is 0 Å². The molecule has 2 rings (SSSR count). The van der Waals surface area contributed by atoms with Crippen molar-refractivity contribution in [1.29, 1.82) is 0 Å². The SMILES string of the molecule is NCc1sccc1S(=O)(=O)NCCCc1ncc[nH]1. The van der Waals surface area contributed by atoms with Gasteiger partial charge in [-0.2, -0.15) is 0 Å². The van der Waals surface area contributed by atoms with Crippen molar-refractivity contribution in [3.05, 3.63) is 34.5 Å². The maximum Gasteiger partial charge on any atom is 0.241 e. The fourth-order valence-corrected chi connectivity index (χ4v) is 4.10. The van der Waals surface area contributed by atoms with Crippen LogP contribution in [-0.4, -0.2) is 24.9 Å². The summed E-state index contributed by atoms with van der Waals surface area (Å²) in [5.41, 5.74) is 5.52. The molecule has 104 valence electrons. The Morgan fingerprint density at radius 1 is 1.47 bits per heavy atom. The maximum absolute atomic E-state index is 12.1. The number of imidazole rings is 1. The predicted molar refractivity (Wildman–Crippen MR) is 74.3 cm³/mol. The average molecular weight is 300 g/mol. The minimum atomic E-state index is -3.45. The van der Waals surface area contributed by atoms with E-state index in [0.29, 0.717) is 24.3 Å². The normalized spacial score (nSPS) is 11.8. The first-order valence-electron chi connectivity index (χ1n) is 5.88. The third-order valence-electron chi connectivity index (χ3n) is 2.62. The summed E-state index contributed by atoms with van der Waals surface area (Å²) >= 11 is 1.35. The fourth-order valence-electron chi connectivity index (χ4n) is 1.69. The first-order valence-corrected chi connectivity index (χ1v) is 8.24. The van der Waals surface area contributed by atoms with E-state index in [1.165, 1.54) is 11.3 Å². The van der Waals surface area contributed by atoms with Gasteiger partial charge in [0.2, 0.25) is 10.0 Å². The first-order chi connectivity index (χ1) is 9.13. The van der Waals surface area contributed by atoms with Crippen molar-refractivity contribution in [1.82, 2.24) is 14.7 Å². The molecular weight excluding hydrogens is 284 g/mol. The summed E-state index contributed by atoms with van der Waals surface area (Å²) < 4.78 is 26.7. The van der Waals surface area contributed by atoms with Gasteiger partial charge in [-0.05, 0) is 17.9 Å². The smallest absolute Gasteiger partial charge is 0.241 e. The van der Waals surface area contributed by atoms with E-state index in [9.17, 15) is 8.42 Å². The Balaban J connectivity index is 1.88. The van der Waals surface area contributed by atoms with Gasteiger partial charge in [0, 0.05) is 36.8 Å². The Hall–Kier alpha value is -1.22. The Morgan fingerprint density at radius 2 is 2.32 bits per heavy atom. The third kappa shape index (κ3) is 3.63. The van der Waals surface area contributed by atoms with Crippen LogP contribution in [0.2, 0.25) is 0 Å². The van der Waals surface area contributed by atoms with Crippen molar-refractivity contribution in [2.24, 2.45) is 5.73 Å². The minimum absolute atomic E-state index is 0.236. The van der Waals surface area contributed by atoms with Gasteiger partial charge in [-0.25, -0.2) is 18.1 Å². The number of thiophene rings is 1. The number of nitrogens with zero attached hydrogens (tertiary/aromatic N) is 1. The van der Waals surface area contributed by atoms with Crippen LogP contribution < -0.4 is 10.5 Å². The molecule has 0 aliphatic rings. The molecule has 2 heterocycles. The van der Waals surface area contributed by atoms with Crippen LogP contribution in [0.25, 0.3) is 0 Å². The molecule has 0 aromatic carbocycles. The highest BCUT2D eigenvalue weighted by molar-refractivity contribution is 7.89. The highest BCUT2D eigenvalue weighted by atomic mass is 32.2. The maximum atomic E-state index is 12.1. The molecule has 8 heteroatoms. The van der Waals surface area contributed by atoms with Crippen LogP contribution in [0.15, 0.2) is 28.7 Å². The van der Waals surface area contributed by atoms with Gasteiger partial charge in [0.1, 0.15) is 5.82 Å². The summed E-state index contributed by atoms with van der Waals surface area (Å²) in [5.74, 6) is 0.859. The number of sulfonamides is 1. The molecule has 2 aromatic heterocycles. The topological polar surface area (TPSA) is 101 Å². The van der Waals surface area contributed by atoms with E-state index in [1.807, 2.05) is 0 Å². The second-order valence-corrected chi connectivity index (χ2v) is 6.69. The third-order valence-corrected chi connectivity index (χ3v) is 5.23. The van der Waals surface area contributed by atoms with E-state index in [1.54, 1.807) is 23.8 Å². The summed E-state index contributed by atoms with van der Waals surface area (Å²) in [7, 11) is -3.45. The zero-order valence-corrected chi connectivity index (χ0v) is 11.9. The number of nitrogens with one attached hydrogen (secondary N) is 2. The zero-order valence-electron chi connectivity index (χ0n) is 10.3. The molecule has 2 aromatic rings. The Morgan fingerprint density at radius 3 is 3.00 bits per heavy atom. The molecule has 0 radical (unpaired) electrons. The van der Waals surface area contributed by atoms with Gasteiger partial charge in [-0.3, -0.25) is 0 Å². The predicted octanol–water partition coefficient (Wildman–Crippen LogP) is 0.841. The van der Waals surface area contributed by atoms with Gasteiger partial charge in [-0.15, -0.1) is 11.3 Å².